The van der Waals surface area contributed by atoms with Crippen LogP contribution in [0.5, 0.6) is 17.2 Å². The van der Waals surface area contributed by atoms with Gasteiger partial charge in [0.15, 0.2) is 5.54 Å². The van der Waals surface area contributed by atoms with Crippen molar-refractivity contribution in [1.29, 1.82) is 0 Å². The van der Waals surface area contributed by atoms with E-state index in [4.69, 9.17) is 14.2 Å². The van der Waals surface area contributed by atoms with Crippen molar-refractivity contribution in [3.8, 4) is 17.2 Å². The van der Waals surface area contributed by atoms with Gasteiger partial charge >= 0.3 is 30.2 Å². The average molecular weight is 594 g/mol. The number of ether oxygens (including phenoxy) is 3. The highest BCUT2D eigenvalue weighted by atomic mass is 16.6. The molecule has 0 saturated heterocycles. The maximum atomic E-state index is 13.7. The molecule has 2 unspecified atom stereocenters. The Labute approximate surface area is 247 Å². The molecule has 0 fully saturated rings. The zero-order valence-corrected chi connectivity index (χ0v) is 23.3. The Balaban J connectivity index is 2.02. The molecule has 3 aromatic carbocycles. The minimum absolute atomic E-state index is 0.0400. The Morgan fingerprint density at radius 1 is 0.698 bits per heavy atom. The van der Waals surface area contributed by atoms with Crippen LogP contribution in [0.4, 0.5) is 14.4 Å². The van der Waals surface area contributed by atoms with Crippen molar-refractivity contribution in [1.82, 2.24) is 15.5 Å². The molecular weight excluding hydrogens is 562 g/mol. The molecule has 3 amide bonds. The minimum Gasteiger partial charge on any atom is -0.481 e. The summed E-state index contributed by atoms with van der Waals surface area (Å²) in [5, 5.41) is 24.9. The summed E-state index contributed by atoms with van der Waals surface area (Å²) >= 11 is 0. The van der Waals surface area contributed by atoms with E-state index < -0.39 is 60.8 Å². The van der Waals surface area contributed by atoms with Crippen LogP contribution in [0, 0.1) is 0 Å². The molecule has 13 nitrogen and oxygen atoms in total. The lowest BCUT2D eigenvalue weighted by atomic mass is 9.83. The first kappa shape index (κ1) is 31.9. The molecule has 0 aliphatic carbocycles. The molecular formula is C30H31N3O10. The van der Waals surface area contributed by atoms with Crippen molar-refractivity contribution in [2.45, 2.75) is 44.4 Å². The molecule has 3 rings (SSSR count). The van der Waals surface area contributed by atoms with Crippen LogP contribution >= 0.6 is 0 Å². The number of nitrogens with one attached hydrogen (secondary N) is 2. The predicted molar refractivity (Wildman–Crippen MR) is 152 cm³/mol. The third kappa shape index (κ3) is 8.70. The molecule has 3 aromatic rings. The van der Waals surface area contributed by atoms with Crippen molar-refractivity contribution in [3.63, 3.8) is 0 Å². The van der Waals surface area contributed by atoms with Crippen LogP contribution in [0.15, 0.2) is 91.0 Å². The summed E-state index contributed by atoms with van der Waals surface area (Å²) < 4.78 is 15.9. The molecule has 43 heavy (non-hydrogen) atoms. The number of hydrogen-bond donors (Lipinski definition) is 4. The summed E-state index contributed by atoms with van der Waals surface area (Å²) in [5.41, 5.74) is -2.49. The fraction of sp³-hybridized carbons (Fsp3) is 0.233. The summed E-state index contributed by atoms with van der Waals surface area (Å²) in [5.74, 6) is -2.70. The summed E-state index contributed by atoms with van der Waals surface area (Å²) in [6.45, 7) is 2.55. The van der Waals surface area contributed by atoms with Gasteiger partial charge in [-0.25, -0.2) is 19.2 Å². The van der Waals surface area contributed by atoms with Crippen molar-refractivity contribution in [2.75, 3.05) is 0 Å². The third-order valence-corrected chi connectivity index (χ3v) is 6.34. The number of para-hydroxylation sites is 3. The zero-order chi connectivity index (χ0) is 31.4. The van der Waals surface area contributed by atoms with E-state index in [1.807, 2.05) is 0 Å². The number of carbonyl (C=O) groups excluding carboxylic acids is 3. The van der Waals surface area contributed by atoms with Gasteiger partial charge in [0.25, 0.3) is 0 Å². The molecule has 0 aliphatic rings. The fourth-order valence-electron chi connectivity index (χ4n) is 4.32. The molecule has 0 heterocycles. The van der Waals surface area contributed by atoms with Gasteiger partial charge in [0.1, 0.15) is 23.4 Å². The van der Waals surface area contributed by atoms with Crippen LogP contribution in [-0.2, 0) is 9.59 Å². The number of carbonyl (C=O) groups is 5. The summed E-state index contributed by atoms with van der Waals surface area (Å²) in [4.78, 5) is 64.7. The highest BCUT2D eigenvalue weighted by Gasteiger charge is 2.55. The number of carboxylic acids is 2. The van der Waals surface area contributed by atoms with Gasteiger partial charge in [0.2, 0.25) is 0 Å². The lowest BCUT2D eigenvalue weighted by Crippen LogP contribution is -2.71. The molecule has 226 valence electrons. The summed E-state index contributed by atoms with van der Waals surface area (Å²) in [7, 11) is 0. The van der Waals surface area contributed by atoms with Crippen LogP contribution in [0.25, 0.3) is 0 Å². The second-order valence-corrected chi connectivity index (χ2v) is 9.27. The fourth-order valence-corrected chi connectivity index (χ4v) is 4.32. The Bertz CT molecular complexity index is 1410. The van der Waals surface area contributed by atoms with Gasteiger partial charge in [0, 0.05) is 6.42 Å². The van der Waals surface area contributed by atoms with E-state index in [0.717, 1.165) is 0 Å². The van der Waals surface area contributed by atoms with Crippen LogP contribution < -0.4 is 24.8 Å². The topological polar surface area (TPSA) is 181 Å². The van der Waals surface area contributed by atoms with Crippen molar-refractivity contribution in [2.24, 2.45) is 0 Å². The van der Waals surface area contributed by atoms with Gasteiger partial charge in [-0.15, -0.1) is 0 Å². The van der Waals surface area contributed by atoms with Crippen molar-refractivity contribution in [3.05, 3.63) is 91.0 Å². The van der Waals surface area contributed by atoms with E-state index in [0.29, 0.717) is 4.90 Å². The summed E-state index contributed by atoms with van der Waals surface area (Å²) in [6.07, 6.45) is -6.27. The number of hydrogen-bond acceptors (Lipinski definition) is 8. The smallest absolute Gasteiger partial charge is 0.417 e. The van der Waals surface area contributed by atoms with Crippen LogP contribution in [0.1, 0.15) is 26.7 Å². The highest BCUT2D eigenvalue weighted by molar-refractivity contribution is 5.88. The normalized spacial score (nSPS) is 13.3. The molecule has 0 aliphatic heterocycles. The lowest BCUT2D eigenvalue weighted by molar-refractivity contribution is -0.155. The monoisotopic (exact) mass is 593 g/mol. The first-order valence-corrected chi connectivity index (χ1v) is 13.1. The number of rotatable bonds is 12. The lowest BCUT2D eigenvalue weighted by Gasteiger charge is -2.46. The quantitative estimate of drug-likeness (QED) is 0.219. The minimum atomic E-state index is -2.49. The molecule has 4 N–H and O–H groups in total. The number of carboxylic acid groups (broad SMARTS) is 2. The zero-order valence-electron chi connectivity index (χ0n) is 23.3. The standard InChI is InChI=1S/C30H31N3O10/c1-20(31-27(38)41-22-12-6-3-7-13-22)30(26(36)37,19-18-25(34)35)33(29(40)43-24-16-10-5-11-17-24)21(2)32-28(39)42-23-14-8-4-9-15-23/h3-17,20-21H,18-19H2,1-2H3,(H,31,38)(H,32,39)(H,34,35)(H,36,37)/t20?,21?,30-/m1/s1. The number of aliphatic carboxylic acids is 2. The Morgan fingerprint density at radius 2 is 1.12 bits per heavy atom. The van der Waals surface area contributed by atoms with Crippen LogP contribution in [-0.4, -0.2) is 63.1 Å². The third-order valence-electron chi connectivity index (χ3n) is 6.34. The maximum absolute atomic E-state index is 13.7. The Morgan fingerprint density at radius 3 is 1.53 bits per heavy atom. The number of amides is 3. The Kier molecular flexibility index (Phi) is 11.0. The van der Waals surface area contributed by atoms with Gasteiger partial charge in [0.05, 0.1) is 6.04 Å². The van der Waals surface area contributed by atoms with Crippen LogP contribution in [0.3, 0.4) is 0 Å². The molecule has 0 radical (unpaired) electrons. The summed E-state index contributed by atoms with van der Waals surface area (Å²) in [6, 6.07) is 22.1. The van der Waals surface area contributed by atoms with E-state index in [2.05, 4.69) is 10.6 Å². The number of benzene rings is 3. The molecule has 3 atom stereocenters. The van der Waals surface area contributed by atoms with E-state index in [1.165, 1.54) is 50.2 Å². The van der Waals surface area contributed by atoms with Crippen molar-refractivity contribution < 1.29 is 48.4 Å². The second-order valence-electron chi connectivity index (χ2n) is 9.27. The SMILES string of the molecule is CC(NC(=O)Oc1ccccc1)N(C(=O)Oc1ccccc1)[C@@](CCC(=O)O)(C(=O)O)C(C)NC(=O)Oc1ccccc1. The largest absolute Gasteiger partial charge is 0.481 e. The van der Waals surface area contributed by atoms with Gasteiger partial charge < -0.3 is 35.1 Å². The van der Waals surface area contributed by atoms with Gasteiger partial charge in [-0.05, 0) is 56.7 Å². The van der Waals surface area contributed by atoms with Gasteiger partial charge in [-0.3, -0.25) is 9.69 Å². The van der Waals surface area contributed by atoms with Crippen molar-refractivity contribution >= 4 is 30.2 Å². The van der Waals surface area contributed by atoms with E-state index >= 15 is 0 Å². The molecule has 0 spiro atoms. The number of nitrogens with zero attached hydrogens (tertiary/aromatic N) is 1. The van der Waals surface area contributed by atoms with Crippen LogP contribution in [0.2, 0.25) is 0 Å². The average Bonchev–Trinajstić information content (AvgIpc) is 2.96. The Hall–Kier alpha value is -5.59. The first-order valence-electron chi connectivity index (χ1n) is 13.1. The van der Waals surface area contributed by atoms with Gasteiger partial charge in [-0.1, -0.05) is 54.6 Å². The van der Waals surface area contributed by atoms with Gasteiger partial charge in [-0.2, -0.15) is 0 Å². The van der Waals surface area contributed by atoms with E-state index in [-0.39, 0.29) is 17.2 Å². The molecule has 0 saturated carbocycles. The predicted octanol–water partition coefficient (Wildman–Crippen LogP) is 4.49. The highest BCUT2D eigenvalue weighted by Crippen LogP contribution is 2.31. The van der Waals surface area contributed by atoms with E-state index in [9.17, 15) is 34.2 Å². The first-order chi connectivity index (χ1) is 20.5. The molecule has 0 aromatic heterocycles. The molecule has 13 heteroatoms. The molecule has 0 bridgehead atoms. The maximum Gasteiger partial charge on any atom is 0.417 e. The van der Waals surface area contributed by atoms with E-state index in [1.54, 1.807) is 54.6 Å². The second kappa shape index (κ2) is 14.9.